The summed E-state index contributed by atoms with van der Waals surface area (Å²) in [5.41, 5.74) is 2.39. The molecule has 1 spiro atoms. The highest BCUT2D eigenvalue weighted by Gasteiger charge is 2.43. The lowest BCUT2D eigenvalue weighted by Gasteiger charge is -2.43. The Morgan fingerprint density at radius 1 is 1.24 bits per heavy atom. The molecule has 2 aliphatic rings. The molecule has 0 radical (unpaired) electrons. The summed E-state index contributed by atoms with van der Waals surface area (Å²) in [7, 11) is 0. The number of fused-ring (bicyclic) bond motifs is 3. The zero-order chi connectivity index (χ0) is 20.0. The highest BCUT2D eigenvalue weighted by molar-refractivity contribution is 5.83. The van der Waals surface area contributed by atoms with Gasteiger partial charge in [0, 0.05) is 18.5 Å². The van der Waals surface area contributed by atoms with E-state index in [1.165, 1.54) is 10.2 Å². The molecular formula is C21H23N5O3. The van der Waals surface area contributed by atoms with Gasteiger partial charge in [-0.1, -0.05) is 18.2 Å². The van der Waals surface area contributed by atoms with Gasteiger partial charge in [0.05, 0.1) is 29.6 Å². The van der Waals surface area contributed by atoms with Crippen molar-refractivity contribution < 1.29 is 9.53 Å². The lowest BCUT2D eigenvalue weighted by atomic mass is 9.84. The van der Waals surface area contributed by atoms with Crippen LogP contribution < -0.4 is 5.56 Å². The third kappa shape index (κ3) is 2.95. The molecule has 0 atom stereocenters. The van der Waals surface area contributed by atoms with E-state index in [-0.39, 0.29) is 23.6 Å². The monoisotopic (exact) mass is 393 g/mol. The Labute approximate surface area is 167 Å². The second kappa shape index (κ2) is 6.81. The number of piperidine rings is 1. The summed E-state index contributed by atoms with van der Waals surface area (Å²) in [4.78, 5) is 27.5. The second-order valence-corrected chi connectivity index (χ2v) is 7.84. The van der Waals surface area contributed by atoms with Gasteiger partial charge in [0.15, 0.2) is 0 Å². The molecule has 1 saturated heterocycles. The zero-order valence-corrected chi connectivity index (χ0v) is 16.4. The summed E-state index contributed by atoms with van der Waals surface area (Å²) in [5, 5.41) is 13.0. The molecule has 1 N–H and O–H groups in total. The Morgan fingerprint density at radius 2 is 2.00 bits per heavy atom. The van der Waals surface area contributed by atoms with Crippen molar-refractivity contribution in [2.24, 2.45) is 0 Å². The predicted molar refractivity (Wildman–Crippen MR) is 106 cm³/mol. The van der Waals surface area contributed by atoms with Gasteiger partial charge in [-0.15, -0.1) is 0 Å². The minimum Gasteiger partial charge on any atom is -0.368 e. The van der Waals surface area contributed by atoms with Crippen molar-refractivity contribution in [2.75, 3.05) is 19.7 Å². The number of rotatable bonds is 2. The Morgan fingerprint density at radius 3 is 2.79 bits per heavy atom. The number of carbonyl (C=O) groups is 1. The molecule has 5 rings (SSSR count). The van der Waals surface area contributed by atoms with Crippen LogP contribution >= 0.6 is 0 Å². The highest BCUT2D eigenvalue weighted by atomic mass is 16.5. The second-order valence-electron chi connectivity index (χ2n) is 7.84. The molecule has 4 heterocycles. The van der Waals surface area contributed by atoms with E-state index >= 15 is 0 Å². The van der Waals surface area contributed by atoms with Gasteiger partial charge < -0.3 is 9.64 Å². The standard InChI is InChI=1S/C21H23N5O3/c1-14-16-4-2-3-5-17(16)20(28)26(24-14)13-18(27)25-9-7-21(8-10-25)19-15(6-11-29-21)12-22-23-19/h2-5,12H,6-11,13H2,1H3,(H,22,23). The number of H-pyrrole nitrogens is 1. The highest BCUT2D eigenvalue weighted by Crippen LogP contribution is 2.40. The Bertz CT molecular complexity index is 1140. The average molecular weight is 393 g/mol. The smallest absolute Gasteiger partial charge is 0.275 e. The van der Waals surface area contributed by atoms with E-state index in [2.05, 4.69) is 15.3 Å². The summed E-state index contributed by atoms with van der Waals surface area (Å²) in [6.45, 7) is 3.65. The molecular weight excluding hydrogens is 370 g/mol. The number of benzene rings is 1. The molecule has 2 aromatic heterocycles. The molecule has 0 aliphatic carbocycles. The van der Waals surface area contributed by atoms with E-state index in [4.69, 9.17) is 4.74 Å². The third-order valence-electron chi connectivity index (χ3n) is 6.18. The van der Waals surface area contributed by atoms with Crippen LogP contribution in [-0.4, -0.2) is 50.5 Å². The average Bonchev–Trinajstić information content (AvgIpc) is 3.23. The number of likely N-dealkylation sites (tertiary alicyclic amines) is 1. The fourth-order valence-corrected chi connectivity index (χ4v) is 4.58. The molecule has 0 unspecified atom stereocenters. The molecule has 29 heavy (non-hydrogen) atoms. The Hall–Kier alpha value is -3.00. The summed E-state index contributed by atoms with van der Waals surface area (Å²) < 4.78 is 7.43. The number of aromatic amines is 1. The minimum atomic E-state index is -0.379. The molecule has 1 fully saturated rings. The molecule has 0 bridgehead atoms. The van der Waals surface area contributed by atoms with Crippen LogP contribution in [0.15, 0.2) is 35.3 Å². The van der Waals surface area contributed by atoms with Crippen molar-refractivity contribution in [3.8, 4) is 0 Å². The van der Waals surface area contributed by atoms with Crippen LogP contribution in [-0.2, 0) is 28.1 Å². The van der Waals surface area contributed by atoms with Crippen molar-refractivity contribution in [3.05, 3.63) is 57.8 Å². The van der Waals surface area contributed by atoms with Gasteiger partial charge in [-0.05, 0) is 37.8 Å². The van der Waals surface area contributed by atoms with Crippen molar-refractivity contribution >= 4 is 16.7 Å². The van der Waals surface area contributed by atoms with Crippen molar-refractivity contribution in [1.82, 2.24) is 24.9 Å². The third-order valence-corrected chi connectivity index (χ3v) is 6.18. The molecule has 1 aromatic carbocycles. The number of aromatic nitrogens is 4. The van der Waals surface area contributed by atoms with Crippen molar-refractivity contribution in [1.29, 1.82) is 0 Å². The summed E-state index contributed by atoms with van der Waals surface area (Å²) in [6.07, 6.45) is 4.17. The first-order valence-corrected chi connectivity index (χ1v) is 9.98. The molecule has 2 aliphatic heterocycles. The van der Waals surface area contributed by atoms with Gasteiger partial charge in [-0.2, -0.15) is 10.2 Å². The number of amides is 1. The van der Waals surface area contributed by atoms with E-state index in [9.17, 15) is 9.59 Å². The fourth-order valence-electron chi connectivity index (χ4n) is 4.58. The number of hydrogen-bond acceptors (Lipinski definition) is 5. The first kappa shape index (κ1) is 18.1. The van der Waals surface area contributed by atoms with Gasteiger partial charge in [-0.3, -0.25) is 14.7 Å². The van der Waals surface area contributed by atoms with Gasteiger partial charge in [0.25, 0.3) is 5.56 Å². The van der Waals surface area contributed by atoms with E-state index in [0.29, 0.717) is 37.9 Å². The maximum Gasteiger partial charge on any atom is 0.275 e. The molecule has 150 valence electrons. The number of hydrogen-bond donors (Lipinski definition) is 1. The van der Waals surface area contributed by atoms with E-state index in [1.54, 1.807) is 11.0 Å². The Balaban J connectivity index is 1.33. The quantitative estimate of drug-likeness (QED) is 0.713. The van der Waals surface area contributed by atoms with E-state index in [1.807, 2.05) is 31.3 Å². The number of nitrogens with zero attached hydrogens (tertiary/aromatic N) is 4. The predicted octanol–water partition coefficient (Wildman–Crippen LogP) is 1.52. The van der Waals surface area contributed by atoms with Gasteiger partial charge >= 0.3 is 0 Å². The van der Waals surface area contributed by atoms with Gasteiger partial charge in [0.2, 0.25) is 5.91 Å². The topological polar surface area (TPSA) is 93.1 Å². The molecule has 8 nitrogen and oxygen atoms in total. The lowest BCUT2D eigenvalue weighted by molar-refractivity contribution is -0.142. The number of nitrogens with one attached hydrogen (secondary N) is 1. The van der Waals surface area contributed by atoms with Crippen LogP contribution in [0.4, 0.5) is 0 Å². The summed E-state index contributed by atoms with van der Waals surface area (Å²) in [6, 6.07) is 7.37. The van der Waals surface area contributed by atoms with Crippen LogP contribution in [0.1, 0.15) is 29.8 Å². The van der Waals surface area contributed by atoms with Crippen molar-refractivity contribution in [3.63, 3.8) is 0 Å². The van der Waals surface area contributed by atoms with Crippen LogP contribution in [0.25, 0.3) is 10.8 Å². The molecule has 0 saturated carbocycles. The number of aryl methyl sites for hydroxylation is 1. The number of ether oxygens (including phenoxy) is 1. The SMILES string of the molecule is Cc1nn(CC(=O)N2CCC3(CC2)OCCc2cn[nH]c23)c(=O)c2ccccc12. The minimum absolute atomic E-state index is 0.0479. The van der Waals surface area contributed by atoms with Crippen LogP contribution in [0.5, 0.6) is 0 Å². The zero-order valence-electron chi connectivity index (χ0n) is 16.4. The maximum atomic E-state index is 12.9. The van der Waals surface area contributed by atoms with Crippen molar-refractivity contribution in [2.45, 2.75) is 38.3 Å². The lowest BCUT2D eigenvalue weighted by Crippen LogP contribution is -2.49. The van der Waals surface area contributed by atoms with E-state index < -0.39 is 0 Å². The maximum absolute atomic E-state index is 12.9. The normalized spacial score (nSPS) is 18.2. The van der Waals surface area contributed by atoms with E-state index in [0.717, 1.165) is 23.2 Å². The molecule has 8 heteroatoms. The fraction of sp³-hybridized carbons (Fsp3) is 0.429. The Kier molecular flexibility index (Phi) is 4.24. The summed E-state index contributed by atoms with van der Waals surface area (Å²) >= 11 is 0. The summed E-state index contributed by atoms with van der Waals surface area (Å²) in [5.74, 6) is -0.0928. The first-order valence-electron chi connectivity index (χ1n) is 9.98. The first-order chi connectivity index (χ1) is 14.1. The number of carbonyl (C=O) groups excluding carboxylic acids is 1. The molecule has 3 aromatic rings. The van der Waals surface area contributed by atoms with Crippen LogP contribution in [0.2, 0.25) is 0 Å². The van der Waals surface area contributed by atoms with Crippen LogP contribution in [0, 0.1) is 6.92 Å². The van der Waals surface area contributed by atoms with Gasteiger partial charge in [0.1, 0.15) is 12.1 Å². The van der Waals surface area contributed by atoms with Crippen LogP contribution in [0.3, 0.4) is 0 Å². The largest absolute Gasteiger partial charge is 0.368 e. The van der Waals surface area contributed by atoms with Gasteiger partial charge in [-0.25, -0.2) is 4.68 Å². The molecule has 1 amide bonds.